The van der Waals surface area contributed by atoms with Crippen LogP contribution in [0.5, 0.6) is 0 Å². The van der Waals surface area contributed by atoms with E-state index >= 15 is 0 Å². The highest BCUT2D eigenvalue weighted by molar-refractivity contribution is 6.21. The first kappa shape index (κ1) is 26.4. The Balaban J connectivity index is 2.31. The van der Waals surface area contributed by atoms with Gasteiger partial charge in [-0.3, -0.25) is 4.79 Å². The first-order valence-electron chi connectivity index (χ1n) is 11.4. The van der Waals surface area contributed by atoms with E-state index in [0.717, 1.165) is 44.9 Å². The molecule has 1 aliphatic rings. The van der Waals surface area contributed by atoms with Crippen LogP contribution in [0.1, 0.15) is 84.5 Å². The molecule has 6 atom stereocenters. The Morgan fingerprint density at radius 2 is 1.90 bits per heavy atom. The Morgan fingerprint density at radius 1 is 1.17 bits per heavy atom. The van der Waals surface area contributed by atoms with Crippen LogP contribution in [0.15, 0.2) is 12.2 Å². The lowest BCUT2D eigenvalue weighted by atomic mass is 9.88. The first-order valence-corrected chi connectivity index (χ1v) is 11.8. The average Bonchev–Trinajstić information content (AvgIpc) is 2.93. The van der Waals surface area contributed by atoms with Gasteiger partial charge in [0, 0.05) is 17.7 Å². The Labute approximate surface area is 181 Å². The summed E-state index contributed by atoms with van der Waals surface area (Å²) >= 11 is 6.49. The minimum Gasteiger partial charge on any atom is -0.466 e. The molecule has 1 saturated carbocycles. The van der Waals surface area contributed by atoms with E-state index in [1.807, 2.05) is 13.0 Å². The van der Waals surface area contributed by atoms with E-state index in [4.69, 9.17) is 16.3 Å². The van der Waals surface area contributed by atoms with Gasteiger partial charge in [0.2, 0.25) is 0 Å². The van der Waals surface area contributed by atoms with Gasteiger partial charge < -0.3 is 20.1 Å². The molecule has 6 heteroatoms. The lowest BCUT2D eigenvalue weighted by Gasteiger charge is -2.21. The number of carbonyl (C=O) groups is 1. The summed E-state index contributed by atoms with van der Waals surface area (Å²) in [4.78, 5) is 11.5. The maximum absolute atomic E-state index is 11.5. The summed E-state index contributed by atoms with van der Waals surface area (Å²) in [7, 11) is 0. The van der Waals surface area contributed by atoms with Gasteiger partial charge in [-0.15, -0.1) is 11.6 Å². The van der Waals surface area contributed by atoms with Crippen molar-refractivity contribution in [3.63, 3.8) is 0 Å². The van der Waals surface area contributed by atoms with Crippen LogP contribution >= 0.6 is 11.6 Å². The molecule has 0 aliphatic heterocycles. The van der Waals surface area contributed by atoms with Crippen LogP contribution in [-0.4, -0.2) is 51.6 Å². The molecule has 0 heterocycles. The van der Waals surface area contributed by atoms with Gasteiger partial charge in [0.15, 0.2) is 0 Å². The Hall–Kier alpha value is -0.620. The number of aliphatic hydroxyl groups excluding tert-OH is 3. The summed E-state index contributed by atoms with van der Waals surface area (Å²) in [5.74, 6) is 0.0822. The lowest BCUT2D eigenvalue weighted by molar-refractivity contribution is -0.143. The zero-order valence-electron chi connectivity index (χ0n) is 18.1. The molecule has 170 valence electrons. The van der Waals surface area contributed by atoms with Crippen LogP contribution in [0.3, 0.4) is 0 Å². The maximum atomic E-state index is 11.5. The largest absolute Gasteiger partial charge is 0.466 e. The van der Waals surface area contributed by atoms with Crippen molar-refractivity contribution in [1.82, 2.24) is 0 Å². The fourth-order valence-corrected chi connectivity index (χ4v) is 4.48. The van der Waals surface area contributed by atoms with E-state index in [-0.39, 0.29) is 29.3 Å². The first-order chi connectivity index (χ1) is 13.8. The number of alkyl halides is 1. The van der Waals surface area contributed by atoms with E-state index in [2.05, 4.69) is 0 Å². The molecule has 0 aromatic carbocycles. The van der Waals surface area contributed by atoms with Crippen molar-refractivity contribution in [2.75, 3.05) is 6.61 Å². The van der Waals surface area contributed by atoms with Gasteiger partial charge in [-0.05, 0) is 57.8 Å². The quantitative estimate of drug-likeness (QED) is 0.155. The molecular formula is C23H41ClO5. The van der Waals surface area contributed by atoms with Crippen molar-refractivity contribution in [3.8, 4) is 0 Å². The highest BCUT2D eigenvalue weighted by Crippen LogP contribution is 2.40. The Bertz CT molecular complexity index is 468. The summed E-state index contributed by atoms with van der Waals surface area (Å²) in [6.07, 6.45) is 11.2. The van der Waals surface area contributed by atoms with Gasteiger partial charge in [0.1, 0.15) is 0 Å². The van der Waals surface area contributed by atoms with Crippen molar-refractivity contribution in [2.24, 2.45) is 11.8 Å². The molecule has 1 rings (SSSR count). The smallest absolute Gasteiger partial charge is 0.305 e. The highest BCUT2D eigenvalue weighted by atomic mass is 35.5. The molecular weight excluding hydrogens is 392 g/mol. The summed E-state index contributed by atoms with van der Waals surface area (Å²) < 4.78 is 5.08. The van der Waals surface area contributed by atoms with E-state index in [1.165, 1.54) is 0 Å². The molecule has 0 bridgehead atoms. The molecule has 0 spiro atoms. The van der Waals surface area contributed by atoms with Gasteiger partial charge in [-0.2, -0.15) is 0 Å². The van der Waals surface area contributed by atoms with E-state index in [9.17, 15) is 20.1 Å². The molecule has 1 fully saturated rings. The number of carbonyl (C=O) groups excluding carboxylic acids is 1. The Kier molecular flexibility index (Phi) is 13.9. The number of rotatable bonds is 15. The molecule has 0 aromatic heterocycles. The maximum Gasteiger partial charge on any atom is 0.305 e. The van der Waals surface area contributed by atoms with Gasteiger partial charge in [-0.1, -0.05) is 38.3 Å². The number of unbranched alkanes of at least 4 members (excludes halogenated alkanes) is 3. The number of hydrogen-bond acceptors (Lipinski definition) is 5. The topological polar surface area (TPSA) is 87.0 Å². The molecule has 3 N–H and O–H groups in total. The third-order valence-electron chi connectivity index (χ3n) is 5.68. The third kappa shape index (κ3) is 11.4. The third-order valence-corrected chi connectivity index (χ3v) is 6.18. The van der Waals surface area contributed by atoms with Gasteiger partial charge in [0.25, 0.3) is 0 Å². The monoisotopic (exact) mass is 432 g/mol. The number of aliphatic hydroxyl groups is 3. The second-order valence-corrected chi connectivity index (χ2v) is 9.03. The molecule has 1 aliphatic carbocycles. The molecule has 0 saturated heterocycles. The standard InChI is InChI=1S/C23H41ClO5/c1-3-15-29-23(28)12-7-5-4-6-11-19-20(22(27)16-21(19)24)14-13-18(26)10-8-9-17(2)25/h13-14,17-22,25-27H,3-12,15-16H2,1-2H3/t17-,18+,19-,20-,21-,22-/m1/s1. The Morgan fingerprint density at radius 3 is 2.59 bits per heavy atom. The van der Waals surface area contributed by atoms with Crippen molar-refractivity contribution >= 4 is 17.6 Å². The fourth-order valence-electron chi connectivity index (χ4n) is 4.00. The van der Waals surface area contributed by atoms with Crippen molar-refractivity contribution in [1.29, 1.82) is 0 Å². The normalized spacial score (nSPS) is 26.7. The molecule has 0 radical (unpaired) electrons. The highest BCUT2D eigenvalue weighted by Gasteiger charge is 2.39. The second kappa shape index (κ2) is 15.2. The van der Waals surface area contributed by atoms with Crippen LogP contribution in [0.4, 0.5) is 0 Å². The van der Waals surface area contributed by atoms with Crippen molar-refractivity contribution < 1.29 is 24.9 Å². The van der Waals surface area contributed by atoms with E-state index < -0.39 is 12.2 Å². The lowest BCUT2D eigenvalue weighted by Crippen LogP contribution is -2.19. The zero-order valence-corrected chi connectivity index (χ0v) is 18.9. The van der Waals surface area contributed by atoms with Crippen LogP contribution in [0.25, 0.3) is 0 Å². The fraction of sp³-hybridized carbons (Fsp3) is 0.870. The van der Waals surface area contributed by atoms with Gasteiger partial charge >= 0.3 is 5.97 Å². The van der Waals surface area contributed by atoms with Crippen LogP contribution in [-0.2, 0) is 9.53 Å². The summed E-state index contributed by atoms with van der Waals surface area (Å²) in [5.41, 5.74) is 0. The summed E-state index contributed by atoms with van der Waals surface area (Å²) in [6, 6.07) is 0. The predicted octanol–water partition coefficient (Wildman–Crippen LogP) is 4.35. The van der Waals surface area contributed by atoms with Crippen molar-refractivity contribution in [2.45, 2.75) is 108 Å². The molecule has 5 nitrogen and oxygen atoms in total. The summed E-state index contributed by atoms with van der Waals surface area (Å²) in [5, 5.41) is 29.7. The predicted molar refractivity (Wildman–Crippen MR) is 117 cm³/mol. The van der Waals surface area contributed by atoms with Gasteiger partial charge in [-0.25, -0.2) is 0 Å². The number of esters is 1. The number of ether oxygens (including phenoxy) is 1. The average molecular weight is 433 g/mol. The van der Waals surface area contributed by atoms with Crippen LogP contribution < -0.4 is 0 Å². The van der Waals surface area contributed by atoms with E-state index in [1.54, 1.807) is 13.0 Å². The SMILES string of the molecule is CCCOC(=O)CCCCCC[C@@H]1[C@@H](C=C[C@@H](O)CCC[C@@H](C)O)[C@H](O)C[C@H]1Cl. The molecule has 29 heavy (non-hydrogen) atoms. The molecule has 0 aromatic rings. The van der Waals surface area contributed by atoms with E-state index in [0.29, 0.717) is 32.3 Å². The molecule has 0 amide bonds. The number of halogens is 1. The van der Waals surface area contributed by atoms with Crippen LogP contribution in [0.2, 0.25) is 0 Å². The van der Waals surface area contributed by atoms with Gasteiger partial charge in [0.05, 0.1) is 24.9 Å². The molecule has 0 unspecified atom stereocenters. The minimum atomic E-state index is -0.552. The van der Waals surface area contributed by atoms with Crippen LogP contribution in [0, 0.1) is 11.8 Å². The summed E-state index contributed by atoms with van der Waals surface area (Å²) in [6.45, 7) is 4.24. The number of hydrogen-bond donors (Lipinski definition) is 3. The second-order valence-electron chi connectivity index (χ2n) is 8.47. The minimum absolute atomic E-state index is 0.0204. The zero-order chi connectivity index (χ0) is 21.6. The van der Waals surface area contributed by atoms with Crippen molar-refractivity contribution in [3.05, 3.63) is 12.2 Å².